The highest BCUT2D eigenvalue weighted by Gasteiger charge is 2.49. The minimum Gasteiger partial charge on any atom is -0.497 e. The van der Waals surface area contributed by atoms with Crippen molar-refractivity contribution in [3.63, 3.8) is 0 Å². The second-order valence-electron chi connectivity index (χ2n) is 8.28. The highest BCUT2D eigenvalue weighted by atomic mass is 16.5. The summed E-state index contributed by atoms with van der Waals surface area (Å²) in [7, 11) is 5.27. The van der Waals surface area contributed by atoms with Gasteiger partial charge in [0, 0.05) is 32.4 Å². The zero-order chi connectivity index (χ0) is 23.7. The van der Waals surface area contributed by atoms with Crippen molar-refractivity contribution < 1.29 is 24.5 Å². The lowest BCUT2D eigenvalue weighted by Gasteiger charge is -2.28. The number of carbonyl (C=O) groups excluding carboxylic acids is 1. The number of nitrogens with zero attached hydrogens (tertiary/aromatic N) is 5. The Bertz CT molecular complexity index is 1120. The molecule has 0 bridgehead atoms. The lowest BCUT2D eigenvalue weighted by atomic mass is 9.78. The van der Waals surface area contributed by atoms with Gasteiger partial charge in [0.25, 0.3) is 0 Å². The number of aromatic nitrogens is 4. The van der Waals surface area contributed by atoms with E-state index in [0.29, 0.717) is 22.7 Å². The molecule has 1 amide bonds. The van der Waals surface area contributed by atoms with Crippen molar-refractivity contribution in [3.8, 4) is 5.75 Å². The van der Waals surface area contributed by atoms with E-state index in [4.69, 9.17) is 15.2 Å². The number of aliphatic hydroxyl groups is 2. The van der Waals surface area contributed by atoms with E-state index in [1.807, 2.05) is 31.1 Å². The Morgan fingerprint density at radius 3 is 2.61 bits per heavy atom. The number of anilines is 1. The maximum Gasteiger partial charge on any atom is 0.218 e. The summed E-state index contributed by atoms with van der Waals surface area (Å²) in [6, 6.07) is 7.20. The summed E-state index contributed by atoms with van der Waals surface area (Å²) in [4.78, 5) is 26.8. The monoisotopic (exact) mass is 456 g/mol. The SMILES string of the molecule is COc1ccc(C(CC(N)=O)C2[C@@H](O)[C@H](n3cnc4c(N(C)C)ncnc43)O[C@@H]2CO)cc1. The topological polar surface area (TPSA) is 149 Å². The van der Waals surface area contributed by atoms with Gasteiger partial charge in [0.1, 0.15) is 18.2 Å². The summed E-state index contributed by atoms with van der Waals surface area (Å²) in [6.45, 7) is -0.339. The van der Waals surface area contributed by atoms with Gasteiger partial charge in [0.05, 0.1) is 26.1 Å². The molecule has 2 unspecified atom stereocenters. The summed E-state index contributed by atoms with van der Waals surface area (Å²) in [5, 5.41) is 21.5. The molecule has 1 fully saturated rings. The van der Waals surface area contributed by atoms with Crippen molar-refractivity contribution in [1.29, 1.82) is 0 Å². The fourth-order valence-corrected chi connectivity index (χ4v) is 4.55. The van der Waals surface area contributed by atoms with Crippen LogP contribution in [-0.2, 0) is 9.53 Å². The Morgan fingerprint density at radius 1 is 1.27 bits per heavy atom. The molecule has 1 aliphatic heterocycles. The molecule has 0 spiro atoms. The zero-order valence-electron chi connectivity index (χ0n) is 18.7. The Hall–Kier alpha value is -3.28. The second kappa shape index (κ2) is 9.30. The number of hydrogen-bond donors (Lipinski definition) is 3. The number of nitrogens with two attached hydrogens (primary N) is 1. The van der Waals surface area contributed by atoms with Crippen LogP contribution in [0, 0.1) is 5.92 Å². The molecular formula is C22H28N6O5. The van der Waals surface area contributed by atoms with E-state index in [-0.39, 0.29) is 13.0 Å². The van der Waals surface area contributed by atoms with E-state index in [1.165, 1.54) is 12.7 Å². The van der Waals surface area contributed by atoms with Gasteiger partial charge in [-0.3, -0.25) is 9.36 Å². The minimum atomic E-state index is -1.07. The van der Waals surface area contributed by atoms with E-state index < -0.39 is 36.2 Å². The van der Waals surface area contributed by atoms with Crippen LogP contribution in [0.15, 0.2) is 36.9 Å². The number of benzene rings is 1. The number of ether oxygens (including phenoxy) is 2. The van der Waals surface area contributed by atoms with Gasteiger partial charge in [-0.2, -0.15) is 0 Å². The molecule has 5 atom stereocenters. The molecule has 0 aliphatic carbocycles. The maximum absolute atomic E-state index is 11.9. The molecule has 0 saturated carbocycles. The third kappa shape index (κ3) is 4.22. The van der Waals surface area contributed by atoms with Crippen LogP contribution in [0.25, 0.3) is 11.2 Å². The summed E-state index contributed by atoms with van der Waals surface area (Å²) < 4.78 is 12.9. The highest BCUT2D eigenvalue weighted by Crippen LogP contribution is 2.44. The molecule has 1 aromatic carbocycles. The van der Waals surface area contributed by atoms with Crippen LogP contribution < -0.4 is 15.4 Å². The maximum atomic E-state index is 11.9. The van der Waals surface area contributed by atoms with Gasteiger partial charge in [-0.15, -0.1) is 0 Å². The largest absolute Gasteiger partial charge is 0.497 e. The molecule has 3 aromatic rings. The number of hydrogen-bond acceptors (Lipinski definition) is 9. The van der Waals surface area contributed by atoms with E-state index in [2.05, 4.69) is 15.0 Å². The smallest absolute Gasteiger partial charge is 0.218 e. The molecular weight excluding hydrogens is 428 g/mol. The van der Waals surface area contributed by atoms with Crippen LogP contribution in [0.5, 0.6) is 5.75 Å². The van der Waals surface area contributed by atoms with Gasteiger partial charge in [-0.25, -0.2) is 15.0 Å². The van der Waals surface area contributed by atoms with Gasteiger partial charge in [0.2, 0.25) is 5.91 Å². The minimum absolute atomic E-state index is 0.0156. The third-order valence-electron chi connectivity index (χ3n) is 6.08. The predicted molar refractivity (Wildman–Crippen MR) is 120 cm³/mol. The number of rotatable bonds is 8. The number of primary amides is 1. The van der Waals surface area contributed by atoms with Crippen molar-refractivity contribution in [2.45, 2.75) is 30.8 Å². The van der Waals surface area contributed by atoms with E-state index in [9.17, 15) is 15.0 Å². The van der Waals surface area contributed by atoms with E-state index in [0.717, 1.165) is 5.56 Å². The highest BCUT2D eigenvalue weighted by molar-refractivity contribution is 5.83. The first-order valence-corrected chi connectivity index (χ1v) is 10.6. The molecule has 0 radical (unpaired) electrons. The summed E-state index contributed by atoms with van der Waals surface area (Å²) in [5.74, 6) is -0.301. The second-order valence-corrected chi connectivity index (χ2v) is 8.28. The van der Waals surface area contributed by atoms with Crippen LogP contribution in [-0.4, -0.2) is 75.7 Å². The summed E-state index contributed by atoms with van der Waals surface area (Å²) in [5.41, 5.74) is 7.39. The lowest BCUT2D eigenvalue weighted by molar-refractivity contribution is -0.119. The molecule has 3 heterocycles. The number of methoxy groups -OCH3 is 1. The standard InChI is InChI=1S/C22H28N6O5/c1-27(2)20-18-21(25-10-24-20)28(11-26-18)22-19(31)17(15(9-29)33-22)14(8-16(23)30)12-4-6-13(32-3)7-5-12/h4-7,10-11,14-15,17,19,22,29,31H,8-9H2,1-3H3,(H2,23,30)/t14?,15-,17?,19-,22-/m1/s1. The summed E-state index contributed by atoms with van der Waals surface area (Å²) >= 11 is 0. The van der Waals surface area contributed by atoms with Crippen molar-refractivity contribution in [2.75, 3.05) is 32.7 Å². The van der Waals surface area contributed by atoms with Gasteiger partial charge >= 0.3 is 0 Å². The van der Waals surface area contributed by atoms with Crippen molar-refractivity contribution >= 4 is 22.9 Å². The fourth-order valence-electron chi connectivity index (χ4n) is 4.55. The zero-order valence-corrected chi connectivity index (χ0v) is 18.7. The fraction of sp³-hybridized carbons (Fsp3) is 0.455. The Balaban J connectivity index is 1.73. The first-order valence-electron chi connectivity index (χ1n) is 10.6. The molecule has 2 aromatic heterocycles. The normalized spacial score (nSPS) is 23.5. The molecule has 1 aliphatic rings. The van der Waals surface area contributed by atoms with Gasteiger partial charge < -0.3 is 30.3 Å². The molecule has 33 heavy (non-hydrogen) atoms. The number of fused-ring (bicyclic) bond motifs is 1. The van der Waals surface area contributed by atoms with Gasteiger partial charge in [-0.1, -0.05) is 12.1 Å². The van der Waals surface area contributed by atoms with Crippen LogP contribution >= 0.6 is 0 Å². The van der Waals surface area contributed by atoms with Gasteiger partial charge in [0.15, 0.2) is 23.2 Å². The Morgan fingerprint density at radius 2 is 2.00 bits per heavy atom. The molecule has 1 saturated heterocycles. The van der Waals surface area contributed by atoms with E-state index in [1.54, 1.807) is 23.8 Å². The molecule has 4 N–H and O–H groups in total. The molecule has 11 nitrogen and oxygen atoms in total. The van der Waals surface area contributed by atoms with Crippen LogP contribution in [0.1, 0.15) is 24.1 Å². The molecule has 4 rings (SSSR count). The number of carbonyl (C=O) groups is 1. The van der Waals surface area contributed by atoms with Gasteiger partial charge in [-0.05, 0) is 17.7 Å². The first kappa shape index (κ1) is 22.9. The quantitative estimate of drug-likeness (QED) is 0.438. The number of imidazole rings is 1. The van der Waals surface area contributed by atoms with Crippen molar-refractivity contribution in [2.24, 2.45) is 11.7 Å². The first-order chi connectivity index (χ1) is 15.8. The third-order valence-corrected chi connectivity index (χ3v) is 6.08. The number of aliphatic hydroxyl groups excluding tert-OH is 2. The van der Waals surface area contributed by atoms with Crippen LogP contribution in [0.3, 0.4) is 0 Å². The summed E-state index contributed by atoms with van der Waals surface area (Å²) in [6.07, 6.45) is 0.278. The lowest BCUT2D eigenvalue weighted by Crippen LogP contribution is -2.35. The molecule has 176 valence electrons. The van der Waals surface area contributed by atoms with E-state index >= 15 is 0 Å². The average molecular weight is 457 g/mol. The average Bonchev–Trinajstić information content (AvgIpc) is 3.37. The van der Waals surface area contributed by atoms with Crippen LogP contribution in [0.4, 0.5) is 5.82 Å². The van der Waals surface area contributed by atoms with Crippen molar-refractivity contribution in [1.82, 2.24) is 19.5 Å². The van der Waals surface area contributed by atoms with Crippen LogP contribution in [0.2, 0.25) is 0 Å². The predicted octanol–water partition coefficient (Wildman–Crippen LogP) is 0.427. The molecule has 11 heteroatoms. The Kier molecular flexibility index (Phi) is 6.45. The number of amides is 1. The van der Waals surface area contributed by atoms with Crippen molar-refractivity contribution in [3.05, 3.63) is 42.5 Å². The Labute approximate surface area is 190 Å².